The summed E-state index contributed by atoms with van der Waals surface area (Å²) in [7, 11) is 0. The largest absolute Gasteiger partial charge is 0.455 e. The minimum atomic E-state index is -0.478. The van der Waals surface area contributed by atoms with Crippen LogP contribution in [0.4, 0.5) is 5.95 Å². The first-order valence-corrected chi connectivity index (χ1v) is 10.4. The van der Waals surface area contributed by atoms with Gasteiger partial charge in [0.2, 0.25) is 5.95 Å². The number of rotatable bonds is 5. The molecule has 0 saturated heterocycles. The van der Waals surface area contributed by atoms with E-state index in [1.807, 2.05) is 65.2 Å². The van der Waals surface area contributed by atoms with Gasteiger partial charge >= 0.3 is 5.91 Å². The van der Waals surface area contributed by atoms with Crippen LogP contribution in [0, 0.1) is 6.92 Å². The number of nitrogens with zero attached hydrogens (tertiary/aromatic N) is 3. The maximum atomic E-state index is 12.9. The summed E-state index contributed by atoms with van der Waals surface area (Å²) < 4.78 is 7.55. The molecule has 1 amide bonds. The van der Waals surface area contributed by atoms with Gasteiger partial charge in [0.15, 0.2) is 17.4 Å². The molecule has 0 radical (unpaired) electrons. The highest BCUT2D eigenvalue weighted by Gasteiger charge is 2.29. The first-order valence-electron chi connectivity index (χ1n) is 10.4. The van der Waals surface area contributed by atoms with Crippen molar-refractivity contribution in [1.82, 2.24) is 20.2 Å². The van der Waals surface area contributed by atoms with Crippen LogP contribution in [-0.2, 0) is 6.42 Å². The van der Waals surface area contributed by atoms with Crippen molar-refractivity contribution >= 4 is 17.6 Å². The van der Waals surface area contributed by atoms with Crippen molar-refractivity contribution in [1.29, 1.82) is 0 Å². The van der Waals surface area contributed by atoms with Crippen molar-refractivity contribution < 1.29 is 14.0 Å². The fourth-order valence-electron chi connectivity index (χ4n) is 4.00. The number of hydrogen-bond acceptors (Lipinski definition) is 6. The summed E-state index contributed by atoms with van der Waals surface area (Å²) in [6.07, 6.45) is 1.88. The zero-order valence-electron chi connectivity index (χ0n) is 17.5. The molecule has 0 atom stereocenters. The number of hydrazine groups is 1. The van der Waals surface area contributed by atoms with E-state index < -0.39 is 5.91 Å². The van der Waals surface area contributed by atoms with Gasteiger partial charge in [0.1, 0.15) is 5.76 Å². The van der Waals surface area contributed by atoms with Gasteiger partial charge in [0.05, 0.1) is 11.3 Å². The number of aromatic nitrogens is 3. The molecular weight excluding hydrogens is 406 g/mol. The molecule has 1 aliphatic rings. The summed E-state index contributed by atoms with van der Waals surface area (Å²) in [5.74, 6) is 1.23. The van der Waals surface area contributed by atoms with E-state index in [9.17, 15) is 9.59 Å². The van der Waals surface area contributed by atoms with Gasteiger partial charge in [-0.2, -0.15) is 0 Å². The number of para-hydroxylation sites is 1. The number of benzene rings is 2. The molecule has 0 fully saturated rings. The molecular formula is C24H21N5O3. The molecule has 5 rings (SSSR count). The third-order valence-electron chi connectivity index (χ3n) is 5.51. The quantitative estimate of drug-likeness (QED) is 0.465. The van der Waals surface area contributed by atoms with Gasteiger partial charge < -0.3 is 4.42 Å². The standard InChI is InChI=1S/C24H21N5O3/c1-15-20-18(30)13-8-14-19(20)32-21(15)23(31)26-28-24-27-25-22(16-9-4-2-5-10-16)29(24)17-11-6-3-7-12-17/h2-7,9-12H,8,13-14H2,1H3,(H,26,31)(H,27,28). The Labute approximate surface area is 184 Å². The van der Waals surface area contributed by atoms with E-state index in [2.05, 4.69) is 21.0 Å². The predicted molar refractivity (Wildman–Crippen MR) is 119 cm³/mol. The molecule has 2 heterocycles. The molecule has 2 aromatic heterocycles. The zero-order chi connectivity index (χ0) is 22.1. The van der Waals surface area contributed by atoms with Crippen LogP contribution >= 0.6 is 0 Å². The lowest BCUT2D eigenvalue weighted by molar-refractivity contribution is 0.0927. The van der Waals surface area contributed by atoms with E-state index in [1.54, 1.807) is 6.92 Å². The van der Waals surface area contributed by atoms with Crippen molar-refractivity contribution in [2.24, 2.45) is 0 Å². The molecule has 2 aromatic carbocycles. The van der Waals surface area contributed by atoms with Gasteiger partial charge in [-0.3, -0.25) is 25.0 Å². The Kier molecular flexibility index (Phi) is 5.03. The van der Waals surface area contributed by atoms with Crippen molar-refractivity contribution in [2.45, 2.75) is 26.2 Å². The second-order valence-electron chi connectivity index (χ2n) is 7.59. The second-order valence-corrected chi connectivity index (χ2v) is 7.59. The van der Waals surface area contributed by atoms with E-state index in [-0.39, 0.29) is 11.5 Å². The number of amides is 1. The Hall–Kier alpha value is -4.20. The number of anilines is 1. The van der Waals surface area contributed by atoms with Gasteiger partial charge in [0.25, 0.3) is 0 Å². The maximum Gasteiger partial charge on any atom is 0.305 e. The summed E-state index contributed by atoms with van der Waals surface area (Å²) in [5, 5.41) is 8.56. The van der Waals surface area contributed by atoms with Crippen LogP contribution in [0.25, 0.3) is 17.1 Å². The number of ketones is 1. The SMILES string of the molecule is Cc1c(C(=O)NNc2nnc(-c3ccccc3)n2-c2ccccc2)oc2c1C(=O)CCC2. The van der Waals surface area contributed by atoms with Crippen LogP contribution in [0.3, 0.4) is 0 Å². The normalized spacial score (nSPS) is 13.0. The number of nitrogens with one attached hydrogen (secondary N) is 2. The smallest absolute Gasteiger partial charge is 0.305 e. The van der Waals surface area contributed by atoms with Crippen molar-refractivity contribution in [3.8, 4) is 17.1 Å². The molecule has 4 aromatic rings. The lowest BCUT2D eigenvalue weighted by atomic mass is 9.94. The van der Waals surface area contributed by atoms with Crippen LogP contribution in [0.5, 0.6) is 0 Å². The molecule has 32 heavy (non-hydrogen) atoms. The first kappa shape index (κ1) is 19.7. The minimum absolute atomic E-state index is 0.0239. The lowest BCUT2D eigenvalue weighted by Gasteiger charge is -2.12. The number of carbonyl (C=O) groups excluding carboxylic acids is 2. The number of Topliss-reactive ketones (excluding diaryl/α,β-unsaturated/α-hetero) is 1. The minimum Gasteiger partial charge on any atom is -0.455 e. The highest BCUT2D eigenvalue weighted by molar-refractivity contribution is 6.03. The molecule has 160 valence electrons. The van der Waals surface area contributed by atoms with Gasteiger partial charge in [0, 0.05) is 24.0 Å². The van der Waals surface area contributed by atoms with Gasteiger partial charge in [-0.05, 0) is 25.5 Å². The lowest BCUT2D eigenvalue weighted by Crippen LogP contribution is -2.31. The first-order chi connectivity index (χ1) is 15.6. The Balaban J connectivity index is 1.45. The summed E-state index contributed by atoms with van der Waals surface area (Å²) in [4.78, 5) is 25.1. The maximum absolute atomic E-state index is 12.9. The van der Waals surface area contributed by atoms with Gasteiger partial charge in [-0.25, -0.2) is 0 Å². The monoisotopic (exact) mass is 427 g/mol. The van der Waals surface area contributed by atoms with Gasteiger partial charge in [-0.15, -0.1) is 10.2 Å². The van der Waals surface area contributed by atoms with Crippen molar-refractivity contribution in [3.05, 3.63) is 83.3 Å². The second kappa shape index (κ2) is 8.14. The number of fused-ring (bicyclic) bond motifs is 1. The average molecular weight is 427 g/mol. The van der Waals surface area contributed by atoms with E-state index in [0.29, 0.717) is 41.5 Å². The fourth-order valence-corrected chi connectivity index (χ4v) is 4.00. The molecule has 8 nitrogen and oxygen atoms in total. The molecule has 0 unspecified atom stereocenters. The fraction of sp³-hybridized carbons (Fsp3) is 0.167. The Bertz CT molecular complexity index is 1290. The molecule has 8 heteroatoms. The molecule has 0 spiro atoms. The predicted octanol–water partition coefficient (Wildman–Crippen LogP) is 4.11. The van der Waals surface area contributed by atoms with Crippen LogP contribution in [0.15, 0.2) is 65.1 Å². The van der Waals surface area contributed by atoms with Gasteiger partial charge in [-0.1, -0.05) is 48.5 Å². The highest BCUT2D eigenvalue weighted by atomic mass is 16.4. The van der Waals surface area contributed by atoms with E-state index in [1.165, 1.54) is 0 Å². The number of aryl methyl sites for hydroxylation is 1. The van der Waals surface area contributed by atoms with Crippen LogP contribution < -0.4 is 10.9 Å². The summed E-state index contributed by atoms with van der Waals surface area (Å²) in [6.45, 7) is 1.74. The Morgan fingerprint density at radius 3 is 2.44 bits per heavy atom. The van der Waals surface area contributed by atoms with Crippen LogP contribution in [0.2, 0.25) is 0 Å². The molecule has 2 N–H and O–H groups in total. The van der Waals surface area contributed by atoms with E-state index >= 15 is 0 Å². The van der Waals surface area contributed by atoms with Crippen molar-refractivity contribution in [3.63, 3.8) is 0 Å². The molecule has 0 bridgehead atoms. The number of furan rings is 1. The number of hydrogen-bond donors (Lipinski definition) is 2. The van der Waals surface area contributed by atoms with Crippen molar-refractivity contribution in [2.75, 3.05) is 5.43 Å². The van der Waals surface area contributed by atoms with E-state index in [0.717, 1.165) is 17.7 Å². The zero-order valence-corrected chi connectivity index (χ0v) is 17.5. The van der Waals surface area contributed by atoms with Crippen LogP contribution in [-0.4, -0.2) is 26.5 Å². The summed E-state index contributed by atoms with van der Waals surface area (Å²) in [5.41, 5.74) is 8.33. The Morgan fingerprint density at radius 2 is 1.72 bits per heavy atom. The Morgan fingerprint density at radius 1 is 1.00 bits per heavy atom. The molecule has 0 saturated carbocycles. The number of carbonyl (C=O) groups is 2. The molecule has 1 aliphatic carbocycles. The molecule has 0 aliphatic heterocycles. The topological polar surface area (TPSA) is 102 Å². The third-order valence-corrected chi connectivity index (χ3v) is 5.51. The van der Waals surface area contributed by atoms with Crippen LogP contribution in [0.1, 0.15) is 45.1 Å². The summed E-state index contributed by atoms with van der Waals surface area (Å²) >= 11 is 0. The van der Waals surface area contributed by atoms with E-state index in [4.69, 9.17) is 4.42 Å². The average Bonchev–Trinajstić information content (AvgIpc) is 3.40. The summed E-state index contributed by atoms with van der Waals surface area (Å²) in [6, 6.07) is 19.3. The third kappa shape index (κ3) is 3.45. The highest BCUT2D eigenvalue weighted by Crippen LogP contribution is 2.29.